The van der Waals surface area contributed by atoms with Crippen molar-refractivity contribution in [2.45, 2.75) is 6.54 Å². The number of hydrogen-bond donors (Lipinski definition) is 1. The molecule has 0 atom stereocenters. The number of nitro groups is 1. The Kier molecular flexibility index (Phi) is 6.98. The molecule has 0 saturated heterocycles. The van der Waals surface area contributed by atoms with E-state index in [-0.39, 0.29) is 11.4 Å². The van der Waals surface area contributed by atoms with E-state index in [9.17, 15) is 14.9 Å². The van der Waals surface area contributed by atoms with E-state index in [2.05, 4.69) is 31.6 Å². The molecule has 0 bridgehead atoms. The fourth-order valence-corrected chi connectivity index (χ4v) is 3.19. The summed E-state index contributed by atoms with van der Waals surface area (Å²) >= 11 is 3.32. The molecule has 1 amide bonds. The average molecular weight is 488 g/mol. The van der Waals surface area contributed by atoms with E-state index in [1.165, 1.54) is 25.5 Å². The van der Waals surface area contributed by atoms with Crippen molar-refractivity contribution in [1.29, 1.82) is 0 Å². The van der Waals surface area contributed by atoms with Gasteiger partial charge in [-0.1, -0.05) is 12.1 Å². The first-order valence-electron chi connectivity index (χ1n) is 8.93. The molecule has 11 heteroatoms. The Morgan fingerprint density at radius 1 is 1.23 bits per heavy atom. The zero-order valence-corrected chi connectivity index (χ0v) is 18.2. The summed E-state index contributed by atoms with van der Waals surface area (Å²) in [6.45, 7) is 0.346. The lowest BCUT2D eigenvalue weighted by atomic mass is 10.2. The zero-order valence-electron chi connectivity index (χ0n) is 16.6. The van der Waals surface area contributed by atoms with Crippen LogP contribution in [-0.2, 0) is 6.54 Å². The van der Waals surface area contributed by atoms with Crippen molar-refractivity contribution >= 4 is 33.7 Å². The minimum Gasteiger partial charge on any atom is -0.493 e. The number of carbonyl (C=O) groups excluding carboxylic acids is 1. The van der Waals surface area contributed by atoms with Crippen molar-refractivity contribution in [3.05, 3.63) is 80.1 Å². The summed E-state index contributed by atoms with van der Waals surface area (Å²) in [5.41, 5.74) is 4.11. The van der Waals surface area contributed by atoms with Crippen LogP contribution >= 0.6 is 15.9 Å². The van der Waals surface area contributed by atoms with Gasteiger partial charge >= 0.3 is 0 Å². The highest BCUT2D eigenvalue weighted by Crippen LogP contribution is 2.26. The molecule has 2 aromatic carbocycles. The minimum atomic E-state index is -0.494. The van der Waals surface area contributed by atoms with Gasteiger partial charge in [0.2, 0.25) is 0 Å². The Labute approximate surface area is 185 Å². The minimum absolute atomic E-state index is 0.0119. The molecule has 3 rings (SSSR count). The predicted octanol–water partition coefficient (Wildman–Crippen LogP) is 3.38. The first-order valence-corrected chi connectivity index (χ1v) is 9.72. The van der Waals surface area contributed by atoms with E-state index in [1.807, 2.05) is 0 Å². The number of nitrogens with zero attached hydrogens (tertiary/aromatic N) is 4. The highest BCUT2D eigenvalue weighted by atomic mass is 79.9. The maximum Gasteiger partial charge on any atom is 0.293 e. The van der Waals surface area contributed by atoms with Crippen molar-refractivity contribution in [1.82, 2.24) is 15.2 Å². The summed E-state index contributed by atoms with van der Waals surface area (Å²) in [4.78, 5) is 22.7. The fraction of sp³-hybridized carbons (Fsp3) is 0.150. The maximum absolute atomic E-state index is 12.4. The number of nitrogens with one attached hydrogen (secondary N) is 1. The number of hydrogen-bond acceptors (Lipinski definition) is 7. The van der Waals surface area contributed by atoms with Gasteiger partial charge in [-0.3, -0.25) is 19.6 Å². The standard InChI is InChI=1S/C20H18BrN5O5/c1-30-17-8-5-14(9-18(17)31-2)10-22-23-20(27)19-16(21)12-25(24-19)11-13-3-6-15(7-4-13)26(28)29/h3-10,12H,11H2,1-2H3,(H,23,27)/b22-10-. The SMILES string of the molecule is COc1ccc(/C=N\NC(=O)c2nn(Cc3ccc([N+](=O)[O-])cc3)cc2Br)cc1OC. The molecule has 3 aromatic rings. The summed E-state index contributed by atoms with van der Waals surface area (Å²) in [5, 5.41) is 19.0. The molecule has 0 spiro atoms. The van der Waals surface area contributed by atoms with Gasteiger partial charge in [-0.2, -0.15) is 10.2 Å². The van der Waals surface area contributed by atoms with Crippen molar-refractivity contribution in [3.8, 4) is 11.5 Å². The van der Waals surface area contributed by atoms with Gasteiger partial charge in [-0.25, -0.2) is 5.43 Å². The molecule has 0 aliphatic carbocycles. The number of methoxy groups -OCH3 is 2. The van der Waals surface area contributed by atoms with Crippen LogP contribution in [0.4, 0.5) is 5.69 Å². The lowest BCUT2D eigenvalue weighted by molar-refractivity contribution is -0.384. The second kappa shape index (κ2) is 9.85. The van der Waals surface area contributed by atoms with Crippen molar-refractivity contribution in [2.75, 3.05) is 14.2 Å². The van der Waals surface area contributed by atoms with Gasteiger partial charge in [0.25, 0.3) is 11.6 Å². The van der Waals surface area contributed by atoms with Gasteiger partial charge in [-0.15, -0.1) is 0 Å². The Bertz CT molecular complexity index is 1130. The molecule has 0 unspecified atom stereocenters. The lowest BCUT2D eigenvalue weighted by Crippen LogP contribution is -2.19. The Balaban J connectivity index is 1.65. The van der Waals surface area contributed by atoms with Crippen molar-refractivity contribution in [3.63, 3.8) is 0 Å². The number of carbonyl (C=O) groups is 1. The highest BCUT2D eigenvalue weighted by molar-refractivity contribution is 9.10. The van der Waals surface area contributed by atoms with Gasteiger partial charge in [0.05, 0.1) is 36.4 Å². The molecule has 0 aliphatic rings. The first kappa shape index (κ1) is 22.0. The summed E-state index contributed by atoms with van der Waals surface area (Å²) in [7, 11) is 3.08. The van der Waals surface area contributed by atoms with Gasteiger partial charge in [0.1, 0.15) is 0 Å². The third-order valence-electron chi connectivity index (χ3n) is 4.21. The second-order valence-electron chi connectivity index (χ2n) is 6.26. The summed E-state index contributed by atoms with van der Waals surface area (Å²) in [5.74, 6) is 0.641. The summed E-state index contributed by atoms with van der Waals surface area (Å²) < 4.78 is 12.5. The van der Waals surface area contributed by atoms with Crippen LogP contribution in [0.5, 0.6) is 11.5 Å². The lowest BCUT2D eigenvalue weighted by Gasteiger charge is -2.07. The molecule has 0 fully saturated rings. The molecule has 160 valence electrons. The molecular formula is C20H18BrN5O5. The molecule has 1 heterocycles. The van der Waals surface area contributed by atoms with E-state index in [0.717, 1.165) is 5.56 Å². The number of non-ortho nitro benzene ring substituents is 1. The highest BCUT2D eigenvalue weighted by Gasteiger charge is 2.15. The van der Waals surface area contributed by atoms with Crippen LogP contribution < -0.4 is 14.9 Å². The van der Waals surface area contributed by atoms with Crippen LogP contribution in [0.15, 0.2) is 58.2 Å². The zero-order chi connectivity index (χ0) is 22.4. The van der Waals surface area contributed by atoms with Crippen LogP contribution in [-0.4, -0.2) is 41.0 Å². The maximum atomic E-state index is 12.4. The fourth-order valence-electron chi connectivity index (χ4n) is 2.69. The van der Waals surface area contributed by atoms with Crippen LogP contribution in [0.2, 0.25) is 0 Å². The number of nitro benzene ring substituents is 1. The summed E-state index contributed by atoms with van der Waals surface area (Å²) in [6, 6.07) is 11.4. The van der Waals surface area contributed by atoms with Crippen molar-refractivity contribution < 1.29 is 19.2 Å². The van der Waals surface area contributed by atoms with Gasteiger partial charge in [0.15, 0.2) is 17.2 Å². The van der Waals surface area contributed by atoms with E-state index in [4.69, 9.17) is 9.47 Å². The number of hydrazone groups is 1. The van der Waals surface area contributed by atoms with E-state index >= 15 is 0 Å². The van der Waals surface area contributed by atoms with Crippen LogP contribution in [0.3, 0.4) is 0 Å². The Morgan fingerprint density at radius 3 is 2.58 bits per heavy atom. The van der Waals surface area contributed by atoms with Crippen LogP contribution in [0.25, 0.3) is 0 Å². The number of benzene rings is 2. The normalized spacial score (nSPS) is 10.8. The number of rotatable bonds is 8. The van der Waals surface area contributed by atoms with Crippen LogP contribution in [0, 0.1) is 10.1 Å². The third-order valence-corrected chi connectivity index (χ3v) is 4.79. The Morgan fingerprint density at radius 2 is 1.94 bits per heavy atom. The monoisotopic (exact) mass is 487 g/mol. The van der Waals surface area contributed by atoms with E-state index in [1.54, 1.807) is 48.3 Å². The quantitative estimate of drug-likeness (QED) is 0.295. The number of ether oxygens (including phenoxy) is 2. The molecule has 31 heavy (non-hydrogen) atoms. The number of halogens is 1. The molecule has 0 radical (unpaired) electrons. The predicted molar refractivity (Wildman–Crippen MR) is 117 cm³/mol. The molecule has 10 nitrogen and oxygen atoms in total. The smallest absolute Gasteiger partial charge is 0.293 e. The van der Waals surface area contributed by atoms with E-state index in [0.29, 0.717) is 28.1 Å². The van der Waals surface area contributed by atoms with Crippen LogP contribution in [0.1, 0.15) is 21.6 Å². The van der Waals surface area contributed by atoms with Gasteiger partial charge in [-0.05, 0) is 45.3 Å². The molecule has 0 aliphatic heterocycles. The van der Waals surface area contributed by atoms with Crippen molar-refractivity contribution in [2.24, 2.45) is 5.10 Å². The first-order chi connectivity index (χ1) is 14.9. The molecular weight excluding hydrogens is 470 g/mol. The van der Waals surface area contributed by atoms with E-state index < -0.39 is 10.8 Å². The molecule has 0 saturated carbocycles. The largest absolute Gasteiger partial charge is 0.493 e. The Hall–Kier alpha value is -3.73. The number of amides is 1. The molecule has 1 N–H and O–H groups in total. The number of aromatic nitrogens is 2. The second-order valence-corrected chi connectivity index (χ2v) is 7.11. The summed E-state index contributed by atoms with van der Waals surface area (Å²) in [6.07, 6.45) is 3.12. The van der Waals surface area contributed by atoms with Gasteiger partial charge in [0, 0.05) is 18.3 Å². The molecule has 1 aromatic heterocycles. The third kappa shape index (κ3) is 5.45. The topological polar surface area (TPSA) is 121 Å². The average Bonchev–Trinajstić information content (AvgIpc) is 3.13. The van der Waals surface area contributed by atoms with Gasteiger partial charge < -0.3 is 9.47 Å².